The first-order chi connectivity index (χ1) is 10.3. The molecule has 1 saturated carbocycles. The number of carbonyl (C=O) groups is 1. The lowest BCUT2D eigenvalue weighted by molar-refractivity contribution is -0.0447. The van der Waals surface area contributed by atoms with E-state index in [1.165, 1.54) is 11.3 Å². The van der Waals surface area contributed by atoms with E-state index >= 15 is 0 Å². The van der Waals surface area contributed by atoms with Crippen molar-refractivity contribution in [2.24, 2.45) is 0 Å². The fourth-order valence-electron chi connectivity index (χ4n) is 3.21. The number of nitrogens with zero attached hydrogens (tertiary/aromatic N) is 2. The van der Waals surface area contributed by atoms with Crippen molar-refractivity contribution >= 4 is 17.2 Å². The number of aromatic nitrogens is 1. The normalized spacial score (nSPS) is 25.0. The Morgan fingerprint density at radius 2 is 2.38 bits per heavy atom. The molecule has 1 saturated heterocycles. The minimum absolute atomic E-state index is 0.0178. The summed E-state index contributed by atoms with van der Waals surface area (Å²) in [6, 6.07) is 3.90. The van der Waals surface area contributed by atoms with E-state index in [4.69, 9.17) is 9.15 Å². The molecule has 1 aliphatic heterocycles. The van der Waals surface area contributed by atoms with Gasteiger partial charge in [-0.05, 0) is 31.4 Å². The van der Waals surface area contributed by atoms with Gasteiger partial charge in [-0.15, -0.1) is 11.3 Å². The third-order valence-electron chi connectivity index (χ3n) is 4.20. The lowest BCUT2D eigenvalue weighted by Gasteiger charge is -2.37. The van der Waals surface area contributed by atoms with Gasteiger partial charge in [-0.1, -0.05) is 0 Å². The van der Waals surface area contributed by atoms with Crippen LogP contribution >= 0.6 is 11.3 Å². The summed E-state index contributed by atoms with van der Waals surface area (Å²) in [6.07, 6.45) is 5.05. The highest BCUT2D eigenvalue weighted by Crippen LogP contribution is 2.31. The average molecular weight is 304 g/mol. The van der Waals surface area contributed by atoms with Gasteiger partial charge in [0, 0.05) is 11.9 Å². The number of morpholine rings is 1. The lowest BCUT2D eigenvalue weighted by Crippen LogP contribution is -2.51. The SMILES string of the molecule is O=C(c1csc(-c2ccco2)n1)N1CCOC2CCCC21. The molecule has 5 nitrogen and oxygen atoms in total. The Hall–Kier alpha value is -1.66. The molecular formula is C15H16N2O3S. The molecule has 3 heterocycles. The first kappa shape index (κ1) is 13.0. The van der Waals surface area contributed by atoms with E-state index in [0.717, 1.165) is 24.3 Å². The van der Waals surface area contributed by atoms with Crippen molar-refractivity contribution < 1.29 is 13.9 Å². The number of amides is 1. The lowest BCUT2D eigenvalue weighted by atomic mass is 10.1. The number of hydrogen-bond donors (Lipinski definition) is 0. The molecule has 0 aromatic carbocycles. The van der Waals surface area contributed by atoms with Crippen LogP contribution in [0.5, 0.6) is 0 Å². The third-order valence-corrected chi connectivity index (χ3v) is 5.06. The standard InChI is InChI=1S/C15H16N2O3S/c18-15(17-6-8-20-12-4-1-3-11(12)17)10-9-21-14(16-10)13-5-2-7-19-13/h2,5,7,9,11-12H,1,3-4,6,8H2. The maximum Gasteiger partial charge on any atom is 0.273 e. The Bertz CT molecular complexity index is 637. The number of rotatable bonds is 2. The second-order valence-corrected chi connectivity index (χ2v) is 6.28. The second-order valence-electron chi connectivity index (χ2n) is 5.42. The van der Waals surface area contributed by atoms with E-state index in [-0.39, 0.29) is 18.1 Å². The first-order valence-corrected chi connectivity index (χ1v) is 8.13. The molecule has 0 spiro atoms. The van der Waals surface area contributed by atoms with Crippen LogP contribution in [0.25, 0.3) is 10.8 Å². The van der Waals surface area contributed by atoms with E-state index in [1.807, 2.05) is 22.4 Å². The van der Waals surface area contributed by atoms with Crippen LogP contribution in [0.2, 0.25) is 0 Å². The Labute approximate surface area is 126 Å². The highest BCUT2D eigenvalue weighted by Gasteiger charge is 2.39. The minimum Gasteiger partial charge on any atom is -0.462 e. The van der Waals surface area contributed by atoms with Crippen molar-refractivity contribution in [3.63, 3.8) is 0 Å². The molecule has 110 valence electrons. The van der Waals surface area contributed by atoms with Crippen molar-refractivity contribution in [1.29, 1.82) is 0 Å². The molecule has 0 bridgehead atoms. The number of carbonyl (C=O) groups excluding carboxylic acids is 1. The third kappa shape index (κ3) is 2.28. The number of ether oxygens (including phenoxy) is 1. The summed E-state index contributed by atoms with van der Waals surface area (Å²) in [4.78, 5) is 19.1. The zero-order valence-electron chi connectivity index (χ0n) is 11.5. The van der Waals surface area contributed by atoms with Gasteiger partial charge in [0.15, 0.2) is 10.8 Å². The van der Waals surface area contributed by atoms with E-state index in [9.17, 15) is 4.79 Å². The summed E-state index contributed by atoms with van der Waals surface area (Å²) in [5.74, 6) is 0.726. The second kappa shape index (κ2) is 5.27. The van der Waals surface area contributed by atoms with Gasteiger partial charge in [-0.2, -0.15) is 0 Å². The molecule has 1 amide bonds. The smallest absolute Gasteiger partial charge is 0.273 e. The van der Waals surface area contributed by atoms with Crippen LogP contribution in [0.4, 0.5) is 0 Å². The van der Waals surface area contributed by atoms with E-state index in [2.05, 4.69) is 4.98 Å². The zero-order chi connectivity index (χ0) is 14.2. The highest BCUT2D eigenvalue weighted by atomic mass is 32.1. The zero-order valence-corrected chi connectivity index (χ0v) is 12.3. The summed E-state index contributed by atoms with van der Waals surface area (Å²) in [5, 5.41) is 2.57. The van der Waals surface area contributed by atoms with E-state index in [1.54, 1.807) is 6.26 Å². The molecule has 0 radical (unpaired) electrons. The predicted octanol–water partition coefficient (Wildman–Crippen LogP) is 2.80. The van der Waals surface area contributed by atoms with Gasteiger partial charge >= 0.3 is 0 Å². The molecule has 2 aromatic heterocycles. The molecule has 4 rings (SSSR count). The monoisotopic (exact) mass is 304 g/mol. The summed E-state index contributed by atoms with van der Waals surface area (Å²) >= 11 is 1.44. The quantitative estimate of drug-likeness (QED) is 0.856. The number of fused-ring (bicyclic) bond motifs is 1. The van der Waals surface area contributed by atoms with E-state index < -0.39 is 0 Å². The Kier molecular flexibility index (Phi) is 3.27. The molecule has 1 aliphatic carbocycles. The van der Waals surface area contributed by atoms with Crippen molar-refractivity contribution in [2.45, 2.75) is 31.4 Å². The summed E-state index contributed by atoms with van der Waals surface area (Å²) in [7, 11) is 0. The van der Waals surface area contributed by atoms with Crippen LogP contribution in [-0.4, -0.2) is 41.1 Å². The largest absolute Gasteiger partial charge is 0.462 e. The number of thiazole rings is 1. The Balaban J connectivity index is 1.57. The molecule has 2 aliphatic rings. The summed E-state index contributed by atoms with van der Waals surface area (Å²) < 4.78 is 11.1. The number of hydrogen-bond acceptors (Lipinski definition) is 5. The molecule has 2 atom stereocenters. The predicted molar refractivity (Wildman–Crippen MR) is 78.2 cm³/mol. The molecule has 6 heteroatoms. The van der Waals surface area contributed by atoms with Crippen LogP contribution in [-0.2, 0) is 4.74 Å². The van der Waals surface area contributed by atoms with Crippen molar-refractivity contribution in [1.82, 2.24) is 9.88 Å². The molecule has 2 aromatic rings. The molecule has 2 unspecified atom stereocenters. The fraction of sp³-hybridized carbons (Fsp3) is 0.467. The van der Waals surface area contributed by atoms with E-state index in [0.29, 0.717) is 24.6 Å². The first-order valence-electron chi connectivity index (χ1n) is 7.25. The molecule has 21 heavy (non-hydrogen) atoms. The average Bonchev–Trinajstić information content (AvgIpc) is 3.23. The van der Waals surface area contributed by atoms with Crippen LogP contribution < -0.4 is 0 Å². The van der Waals surface area contributed by atoms with Gasteiger partial charge in [0.1, 0.15) is 5.69 Å². The van der Waals surface area contributed by atoms with Gasteiger partial charge in [0.05, 0.1) is 25.0 Å². The minimum atomic E-state index is 0.0178. The topological polar surface area (TPSA) is 55.6 Å². The maximum atomic E-state index is 12.7. The van der Waals surface area contributed by atoms with Gasteiger partial charge in [-0.3, -0.25) is 4.79 Å². The van der Waals surface area contributed by atoms with Crippen molar-refractivity contribution in [3.8, 4) is 10.8 Å². The highest BCUT2D eigenvalue weighted by molar-refractivity contribution is 7.13. The van der Waals surface area contributed by atoms with Gasteiger partial charge in [0.25, 0.3) is 5.91 Å². The maximum absolute atomic E-state index is 12.7. The Morgan fingerprint density at radius 3 is 3.24 bits per heavy atom. The summed E-state index contributed by atoms with van der Waals surface area (Å²) in [5.41, 5.74) is 0.513. The van der Waals surface area contributed by atoms with Crippen molar-refractivity contribution in [3.05, 3.63) is 29.5 Å². The van der Waals surface area contributed by atoms with Gasteiger partial charge < -0.3 is 14.1 Å². The molecule has 2 fully saturated rings. The van der Waals surface area contributed by atoms with Crippen LogP contribution in [0.15, 0.2) is 28.2 Å². The van der Waals surface area contributed by atoms with Crippen LogP contribution in [0.3, 0.4) is 0 Å². The van der Waals surface area contributed by atoms with Crippen LogP contribution in [0.1, 0.15) is 29.8 Å². The van der Waals surface area contributed by atoms with Gasteiger partial charge in [-0.25, -0.2) is 4.98 Å². The van der Waals surface area contributed by atoms with Gasteiger partial charge in [0.2, 0.25) is 0 Å². The molecular weight excluding hydrogens is 288 g/mol. The van der Waals surface area contributed by atoms with Crippen LogP contribution in [0, 0.1) is 0 Å². The summed E-state index contributed by atoms with van der Waals surface area (Å²) in [6.45, 7) is 1.29. The van der Waals surface area contributed by atoms with Crippen molar-refractivity contribution in [2.75, 3.05) is 13.2 Å². The fourth-order valence-corrected chi connectivity index (χ4v) is 3.97. The Morgan fingerprint density at radius 1 is 1.43 bits per heavy atom. The number of furan rings is 1. The molecule has 0 N–H and O–H groups in total.